The molecule has 0 radical (unpaired) electrons. The molecule has 0 atom stereocenters. The molecule has 7 heteroatoms. The molecular formula is C19H16F2N2O3. The molecule has 0 aliphatic rings. The fourth-order valence-electron chi connectivity index (χ4n) is 2.20. The van der Waals surface area contributed by atoms with E-state index in [9.17, 15) is 8.78 Å². The summed E-state index contributed by atoms with van der Waals surface area (Å²) < 4.78 is 34.1. The first-order valence-corrected chi connectivity index (χ1v) is 7.84. The van der Waals surface area contributed by atoms with E-state index in [0.717, 1.165) is 5.56 Å². The number of ether oxygens (including phenoxy) is 1. The van der Waals surface area contributed by atoms with Gasteiger partial charge in [0.2, 0.25) is 5.89 Å². The van der Waals surface area contributed by atoms with Gasteiger partial charge in [-0.1, -0.05) is 23.4 Å². The summed E-state index contributed by atoms with van der Waals surface area (Å²) in [5.74, 6) is 1.28. The topological polar surface area (TPSA) is 56.9 Å². The maximum absolute atomic E-state index is 12.1. The lowest BCUT2D eigenvalue weighted by atomic mass is 10.2. The normalized spacial score (nSPS) is 11.2. The number of rotatable bonds is 7. The summed E-state index contributed by atoms with van der Waals surface area (Å²) >= 11 is 0. The first-order chi connectivity index (χ1) is 12.6. The number of hydrogen-bond acceptors (Lipinski definition) is 5. The third-order valence-corrected chi connectivity index (χ3v) is 3.50. The first kappa shape index (κ1) is 17.6. The summed E-state index contributed by atoms with van der Waals surface area (Å²) in [6.45, 7) is -0.876. The van der Waals surface area contributed by atoms with Crippen molar-refractivity contribution >= 4 is 6.21 Å². The highest BCUT2D eigenvalue weighted by Crippen LogP contribution is 2.21. The van der Waals surface area contributed by atoms with Crippen LogP contribution < -0.4 is 4.74 Å². The first-order valence-electron chi connectivity index (χ1n) is 7.84. The van der Waals surface area contributed by atoms with Gasteiger partial charge in [0.05, 0.1) is 6.21 Å². The van der Waals surface area contributed by atoms with Gasteiger partial charge in [-0.15, -0.1) is 0 Å². The fraction of sp³-hybridized carbons (Fsp3) is 0.158. The minimum Gasteiger partial charge on any atom is -0.441 e. The van der Waals surface area contributed by atoms with Crippen LogP contribution in [0.25, 0.3) is 11.5 Å². The SMILES string of the molecule is Cc1oc(-c2ccccc2)nc1CO/N=C/c1ccc(OC(F)F)cc1. The Bertz CT molecular complexity index is 862. The van der Waals surface area contributed by atoms with Crippen molar-refractivity contribution in [1.82, 2.24) is 4.98 Å². The molecular weight excluding hydrogens is 342 g/mol. The molecule has 1 heterocycles. The molecule has 134 valence electrons. The summed E-state index contributed by atoms with van der Waals surface area (Å²) in [6, 6.07) is 15.6. The van der Waals surface area contributed by atoms with Crippen LogP contribution in [0.3, 0.4) is 0 Å². The number of alkyl halides is 2. The van der Waals surface area contributed by atoms with Crippen LogP contribution in [-0.2, 0) is 11.4 Å². The number of oxazole rings is 1. The highest BCUT2D eigenvalue weighted by atomic mass is 19.3. The molecule has 0 aliphatic heterocycles. The molecule has 0 unspecified atom stereocenters. The quantitative estimate of drug-likeness (QED) is 0.450. The second-order valence-electron chi connectivity index (χ2n) is 5.34. The van der Waals surface area contributed by atoms with Crippen LogP contribution in [0.2, 0.25) is 0 Å². The molecule has 2 aromatic carbocycles. The Morgan fingerprint density at radius 3 is 2.54 bits per heavy atom. The third-order valence-electron chi connectivity index (χ3n) is 3.50. The number of aryl methyl sites for hydroxylation is 1. The van der Waals surface area contributed by atoms with Gasteiger partial charge in [-0.05, 0) is 48.9 Å². The molecule has 5 nitrogen and oxygen atoms in total. The lowest BCUT2D eigenvalue weighted by Gasteiger charge is -2.03. The van der Waals surface area contributed by atoms with Gasteiger partial charge in [0.25, 0.3) is 0 Å². The van der Waals surface area contributed by atoms with Gasteiger partial charge in [-0.25, -0.2) is 4.98 Å². The standard InChI is InChI=1S/C19H16F2N2O3/c1-13-17(23-18(25-13)15-5-3-2-4-6-15)12-24-22-11-14-7-9-16(10-8-14)26-19(20)21/h2-11,19H,12H2,1H3/b22-11+. The van der Waals surface area contributed by atoms with Crippen molar-refractivity contribution in [2.24, 2.45) is 5.16 Å². The Labute approximate surface area is 148 Å². The monoisotopic (exact) mass is 358 g/mol. The smallest absolute Gasteiger partial charge is 0.387 e. The van der Waals surface area contributed by atoms with Gasteiger partial charge in [0.1, 0.15) is 17.2 Å². The van der Waals surface area contributed by atoms with E-state index in [1.54, 1.807) is 12.1 Å². The van der Waals surface area contributed by atoms with Gasteiger partial charge in [0.15, 0.2) is 6.61 Å². The molecule has 0 fully saturated rings. The van der Waals surface area contributed by atoms with E-state index in [1.807, 2.05) is 37.3 Å². The van der Waals surface area contributed by atoms with Crippen LogP contribution in [0.5, 0.6) is 5.75 Å². The van der Waals surface area contributed by atoms with Gasteiger partial charge in [-0.3, -0.25) is 0 Å². The van der Waals surface area contributed by atoms with Gasteiger partial charge in [0, 0.05) is 5.56 Å². The van der Waals surface area contributed by atoms with Crippen LogP contribution in [0.1, 0.15) is 17.0 Å². The molecule has 0 bridgehead atoms. The maximum atomic E-state index is 12.1. The van der Waals surface area contributed by atoms with E-state index in [4.69, 9.17) is 9.25 Å². The number of aromatic nitrogens is 1. The number of hydrogen-bond donors (Lipinski definition) is 0. The Morgan fingerprint density at radius 2 is 1.85 bits per heavy atom. The average molecular weight is 358 g/mol. The summed E-state index contributed by atoms with van der Waals surface area (Å²) in [7, 11) is 0. The number of nitrogens with zero attached hydrogens (tertiary/aromatic N) is 2. The molecule has 0 saturated heterocycles. The van der Waals surface area contributed by atoms with Crippen molar-refractivity contribution in [1.29, 1.82) is 0 Å². The van der Waals surface area contributed by atoms with E-state index in [1.165, 1.54) is 18.3 Å². The zero-order valence-electron chi connectivity index (χ0n) is 13.9. The van der Waals surface area contributed by atoms with Crippen molar-refractivity contribution in [3.63, 3.8) is 0 Å². The van der Waals surface area contributed by atoms with E-state index < -0.39 is 6.61 Å². The fourth-order valence-corrected chi connectivity index (χ4v) is 2.20. The minimum absolute atomic E-state index is 0.0877. The molecule has 26 heavy (non-hydrogen) atoms. The van der Waals surface area contributed by atoms with Crippen molar-refractivity contribution in [2.45, 2.75) is 20.1 Å². The Kier molecular flexibility index (Phi) is 5.58. The zero-order valence-corrected chi connectivity index (χ0v) is 13.9. The van der Waals surface area contributed by atoms with Gasteiger partial charge >= 0.3 is 6.61 Å². The summed E-state index contributed by atoms with van der Waals surface area (Å²) in [5.41, 5.74) is 2.23. The summed E-state index contributed by atoms with van der Waals surface area (Å²) in [6.07, 6.45) is 1.47. The second kappa shape index (κ2) is 8.24. The highest BCUT2D eigenvalue weighted by Gasteiger charge is 2.11. The van der Waals surface area contributed by atoms with Crippen molar-refractivity contribution in [3.8, 4) is 17.2 Å². The number of benzene rings is 2. The highest BCUT2D eigenvalue weighted by molar-refractivity contribution is 5.79. The van der Waals surface area contributed by atoms with Crippen LogP contribution in [0.15, 0.2) is 64.2 Å². The van der Waals surface area contributed by atoms with Crippen LogP contribution in [-0.4, -0.2) is 17.8 Å². The van der Waals surface area contributed by atoms with Crippen LogP contribution >= 0.6 is 0 Å². The average Bonchev–Trinajstić information content (AvgIpc) is 3.01. The Morgan fingerprint density at radius 1 is 1.12 bits per heavy atom. The molecule has 0 saturated carbocycles. The minimum atomic E-state index is -2.84. The second-order valence-corrected chi connectivity index (χ2v) is 5.34. The Balaban J connectivity index is 1.56. The van der Waals surface area contributed by atoms with Crippen molar-refractivity contribution < 1.29 is 22.8 Å². The molecule has 0 amide bonds. The van der Waals surface area contributed by atoms with Crippen LogP contribution in [0.4, 0.5) is 8.78 Å². The zero-order chi connectivity index (χ0) is 18.4. The molecule has 3 rings (SSSR count). The Hall–Kier alpha value is -3.22. The summed E-state index contributed by atoms with van der Waals surface area (Å²) in [4.78, 5) is 9.65. The number of oxime groups is 1. The lowest BCUT2D eigenvalue weighted by Crippen LogP contribution is -2.01. The van der Waals surface area contributed by atoms with E-state index in [2.05, 4.69) is 14.9 Å². The predicted molar refractivity (Wildman–Crippen MR) is 92.1 cm³/mol. The molecule has 0 spiro atoms. The molecule has 1 aromatic heterocycles. The molecule has 3 aromatic rings. The lowest BCUT2D eigenvalue weighted by molar-refractivity contribution is -0.0498. The van der Waals surface area contributed by atoms with Crippen molar-refractivity contribution in [2.75, 3.05) is 0 Å². The third kappa shape index (κ3) is 4.66. The number of halogens is 2. The summed E-state index contributed by atoms with van der Waals surface area (Å²) in [5, 5.41) is 3.85. The molecule has 0 aliphatic carbocycles. The van der Waals surface area contributed by atoms with E-state index >= 15 is 0 Å². The van der Waals surface area contributed by atoms with Gasteiger partial charge in [-0.2, -0.15) is 8.78 Å². The van der Waals surface area contributed by atoms with Crippen molar-refractivity contribution in [3.05, 3.63) is 71.6 Å². The largest absolute Gasteiger partial charge is 0.441 e. The molecule has 0 N–H and O–H groups in total. The van der Waals surface area contributed by atoms with Gasteiger partial charge < -0.3 is 14.0 Å². The van der Waals surface area contributed by atoms with E-state index in [-0.39, 0.29) is 12.4 Å². The van der Waals surface area contributed by atoms with Crippen LogP contribution in [0, 0.1) is 6.92 Å². The predicted octanol–water partition coefficient (Wildman–Crippen LogP) is 4.80. The maximum Gasteiger partial charge on any atom is 0.387 e. The van der Waals surface area contributed by atoms with E-state index in [0.29, 0.717) is 22.9 Å².